The van der Waals surface area contributed by atoms with Crippen LogP contribution in [0.2, 0.25) is 0 Å². The summed E-state index contributed by atoms with van der Waals surface area (Å²) < 4.78 is 0. The van der Waals surface area contributed by atoms with Gasteiger partial charge in [0.15, 0.2) is 0 Å². The molecule has 12 heavy (non-hydrogen) atoms. The molecule has 0 aromatic heterocycles. The maximum atomic E-state index is 10.9. The van der Waals surface area contributed by atoms with Gasteiger partial charge in [0.1, 0.15) is 6.04 Å². The molecule has 0 aromatic carbocycles. The van der Waals surface area contributed by atoms with Crippen molar-refractivity contribution in [2.24, 2.45) is 10.7 Å². The summed E-state index contributed by atoms with van der Waals surface area (Å²) in [6, 6.07) is -0.203. The fourth-order valence-electron chi connectivity index (χ4n) is 1.42. The van der Waals surface area contributed by atoms with Crippen LogP contribution in [0.15, 0.2) is 29.5 Å². The molecule has 4 nitrogen and oxygen atoms in total. The maximum Gasteiger partial charge on any atom is 0.244 e. The lowest BCUT2D eigenvalue weighted by molar-refractivity contribution is -0.120. The van der Waals surface area contributed by atoms with Gasteiger partial charge in [0.2, 0.25) is 5.91 Å². The van der Waals surface area contributed by atoms with E-state index in [4.69, 9.17) is 5.73 Å². The van der Waals surface area contributed by atoms with E-state index in [0.717, 1.165) is 0 Å². The maximum absolute atomic E-state index is 10.9. The van der Waals surface area contributed by atoms with Crippen LogP contribution >= 0.6 is 0 Å². The number of carbonyl (C=O) groups is 1. The Balaban J connectivity index is 2.24. The molecule has 4 heteroatoms. The molecule has 0 bridgehead atoms. The van der Waals surface area contributed by atoms with Crippen molar-refractivity contribution in [3.63, 3.8) is 0 Å². The van der Waals surface area contributed by atoms with Crippen molar-refractivity contribution in [1.29, 1.82) is 0 Å². The van der Waals surface area contributed by atoms with Gasteiger partial charge in [-0.05, 0) is 0 Å². The number of hydrogen-bond acceptors (Lipinski definition) is 3. The van der Waals surface area contributed by atoms with E-state index < -0.39 is 0 Å². The van der Waals surface area contributed by atoms with Crippen molar-refractivity contribution >= 4 is 12.1 Å². The van der Waals surface area contributed by atoms with Gasteiger partial charge in [0, 0.05) is 18.6 Å². The molecule has 2 heterocycles. The van der Waals surface area contributed by atoms with Crippen LogP contribution in [-0.4, -0.2) is 29.1 Å². The zero-order valence-electron chi connectivity index (χ0n) is 6.42. The zero-order valence-corrected chi connectivity index (χ0v) is 6.42. The number of aliphatic imine (C=N–C) groups is 1. The first-order valence-electron chi connectivity index (χ1n) is 3.74. The summed E-state index contributed by atoms with van der Waals surface area (Å²) in [4.78, 5) is 16.7. The first-order chi connectivity index (χ1) is 5.79. The minimum atomic E-state index is -0.325. The predicted molar refractivity (Wildman–Crippen MR) is 45.4 cm³/mol. The normalized spacial score (nSPS) is 30.8. The summed E-state index contributed by atoms with van der Waals surface area (Å²) in [6.07, 6.45) is 8.93. The Kier molecular flexibility index (Phi) is 1.46. The van der Waals surface area contributed by atoms with Crippen LogP contribution in [-0.2, 0) is 4.79 Å². The zero-order chi connectivity index (χ0) is 8.55. The molecule has 0 aromatic rings. The topological polar surface area (TPSA) is 58.7 Å². The Morgan fingerprint density at radius 3 is 3.08 bits per heavy atom. The number of fused-ring (bicyclic) bond motifs is 1. The quantitative estimate of drug-likeness (QED) is 0.536. The largest absolute Gasteiger partial charge is 0.368 e. The Morgan fingerprint density at radius 1 is 1.50 bits per heavy atom. The SMILES string of the molecule is NC(=O)C1C=CC2C=NC=CN21. The van der Waals surface area contributed by atoms with Crippen LogP contribution in [0, 0.1) is 0 Å². The molecular weight excluding hydrogens is 154 g/mol. The van der Waals surface area contributed by atoms with Crippen LogP contribution in [0.4, 0.5) is 0 Å². The van der Waals surface area contributed by atoms with E-state index in [0.29, 0.717) is 0 Å². The molecular formula is C8H9N3O. The molecule has 2 rings (SSSR count). The van der Waals surface area contributed by atoms with Gasteiger partial charge in [0.05, 0.1) is 6.04 Å². The van der Waals surface area contributed by atoms with Crippen molar-refractivity contribution in [2.45, 2.75) is 12.1 Å². The lowest BCUT2D eigenvalue weighted by Gasteiger charge is -2.26. The van der Waals surface area contributed by atoms with Crippen molar-refractivity contribution in [3.8, 4) is 0 Å². The lowest BCUT2D eigenvalue weighted by atomic mass is 10.3. The summed E-state index contributed by atoms with van der Waals surface area (Å²) in [5.74, 6) is -0.325. The van der Waals surface area contributed by atoms with Crippen LogP contribution in [0.3, 0.4) is 0 Å². The van der Waals surface area contributed by atoms with Crippen LogP contribution in [0.5, 0.6) is 0 Å². The van der Waals surface area contributed by atoms with E-state index in [2.05, 4.69) is 4.99 Å². The lowest BCUT2D eigenvalue weighted by Crippen LogP contribution is -2.42. The summed E-state index contributed by atoms with van der Waals surface area (Å²) in [5.41, 5.74) is 5.19. The predicted octanol–water partition coefficient (Wildman–Crippen LogP) is -0.364. The molecule has 0 saturated heterocycles. The van der Waals surface area contributed by atoms with Gasteiger partial charge < -0.3 is 10.6 Å². The van der Waals surface area contributed by atoms with Gasteiger partial charge in [-0.1, -0.05) is 12.2 Å². The van der Waals surface area contributed by atoms with Crippen molar-refractivity contribution < 1.29 is 4.79 Å². The molecule has 1 amide bonds. The third-order valence-electron chi connectivity index (χ3n) is 2.01. The highest BCUT2D eigenvalue weighted by Gasteiger charge is 2.29. The first kappa shape index (κ1) is 7.09. The van der Waals surface area contributed by atoms with Gasteiger partial charge in [-0.3, -0.25) is 9.79 Å². The number of carbonyl (C=O) groups excluding carboxylic acids is 1. The number of nitrogens with zero attached hydrogens (tertiary/aromatic N) is 2. The third-order valence-corrected chi connectivity index (χ3v) is 2.01. The van der Waals surface area contributed by atoms with E-state index in [1.165, 1.54) is 0 Å². The minimum Gasteiger partial charge on any atom is -0.368 e. The molecule has 0 aliphatic carbocycles. The van der Waals surface area contributed by atoms with Gasteiger partial charge in [0.25, 0.3) is 0 Å². The molecule has 2 unspecified atom stereocenters. The monoisotopic (exact) mass is 163 g/mol. The first-order valence-corrected chi connectivity index (χ1v) is 3.74. The number of nitrogens with two attached hydrogens (primary N) is 1. The van der Waals surface area contributed by atoms with E-state index in [-0.39, 0.29) is 18.0 Å². The van der Waals surface area contributed by atoms with Gasteiger partial charge in [-0.25, -0.2) is 0 Å². The second kappa shape index (κ2) is 2.48. The average Bonchev–Trinajstić information content (AvgIpc) is 2.47. The van der Waals surface area contributed by atoms with E-state index >= 15 is 0 Å². The highest BCUT2D eigenvalue weighted by Crippen LogP contribution is 2.18. The molecule has 0 saturated carbocycles. The minimum absolute atomic E-state index is 0.104. The second-order valence-corrected chi connectivity index (χ2v) is 2.77. The Labute approximate surface area is 70.1 Å². The highest BCUT2D eigenvalue weighted by molar-refractivity contribution is 5.85. The third kappa shape index (κ3) is 0.922. The van der Waals surface area contributed by atoms with E-state index in [1.807, 2.05) is 11.0 Å². The van der Waals surface area contributed by atoms with Gasteiger partial charge in [-0.15, -0.1) is 0 Å². The van der Waals surface area contributed by atoms with Crippen LogP contribution in [0.25, 0.3) is 0 Å². The molecule has 2 N–H and O–H groups in total. The Bertz CT molecular complexity index is 293. The molecule has 0 spiro atoms. The number of rotatable bonds is 1. The van der Waals surface area contributed by atoms with Crippen LogP contribution < -0.4 is 5.73 Å². The fourth-order valence-corrected chi connectivity index (χ4v) is 1.42. The summed E-state index contributed by atoms with van der Waals surface area (Å²) in [6.45, 7) is 0. The van der Waals surface area contributed by atoms with Gasteiger partial charge >= 0.3 is 0 Å². The molecule has 2 aliphatic heterocycles. The summed E-state index contributed by atoms with van der Waals surface area (Å²) >= 11 is 0. The molecule has 2 atom stereocenters. The fraction of sp³-hybridized carbons (Fsp3) is 0.250. The number of amides is 1. The van der Waals surface area contributed by atoms with Crippen molar-refractivity contribution in [2.75, 3.05) is 0 Å². The average molecular weight is 163 g/mol. The van der Waals surface area contributed by atoms with Crippen molar-refractivity contribution in [3.05, 3.63) is 24.6 Å². The summed E-state index contributed by atoms with van der Waals surface area (Å²) in [7, 11) is 0. The molecule has 2 aliphatic rings. The van der Waals surface area contributed by atoms with Crippen LogP contribution in [0.1, 0.15) is 0 Å². The number of primary amides is 1. The molecule has 0 fully saturated rings. The smallest absolute Gasteiger partial charge is 0.244 e. The summed E-state index contributed by atoms with van der Waals surface area (Å²) in [5, 5.41) is 0. The highest BCUT2D eigenvalue weighted by atomic mass is 16.1. The molecule has 62 valence electrons. The van der Waals surface area contributed by atoms with Crippen molar-refractivity contribution in [1.82, 2.24) is 4.90 Å². The van der Waals surface area contributed by atoms with E-state index in [1.54, 1.807) is 24.7 Å². The van der Waals surface area contributed by atoms with E-state index in [9.17, 15) is 4.79 Å². The molecule has 0 radical (unpaired) electrons. The Hall–Kier alpha value is -1.58. The number of hydrogen-bond donors (Lipinski definition) is 1. The Morgan fingerprint density at radius 2 is 2.33 bits per heavy atom. The standard InChI is InChI=1S/C8H9N3O/c9-8(12)7-2-1-6-5-10-3-4-11(6)7/h1-7H,(H2,9,12). The van der Waals surface area contributed by atoms with Gasteiger partial charge in [-0.2, -0.15) is 0 Å². The second-order valence-electron chi connectivity index (χ2n) is 2.77.